The Bertz CT molecular complexity index is 473. The van der Waals surface area contributed by atoms with Crippen LogP contribution in [0.5, 0.6) is 0 Å². The SMILES string of the molecule is C/C1=C(Cl)/C2=C/N=C\CC(CC2)/C(O)=C/CCCC1C. The van der Waals surface area contributed by atoms with Crippen LogP contribution in [0.3, 0.4) is 0 Å². The fourth-order valence-electron chi connectivity index (χ4n) is 2.80. The van der Waals surface area contributed by atoms with Crippen molar-refractivity contribution in [2.24, 2.45) is 16.8 Å². The first-order valence-electron chi connectivity index (χ1n) is 7.56. The molecule has 0 fully saturated rings. The molecule has 0 saturated carbocycles. The molecule has 20 heavy (non-hydrogen) atoms. The molecule has 2 nitrogen and oxygen atoms in total. The Morgan fingerprint density at radius 2 is 2.15 bits per heavy atom. The van der Waals surface area contributed by atoms with Gasteiger partial charge in [0.05, 0.1) is 5.76 Å². The minimum atomic E-state index is 0.184. The number of aliphatic hydroxyl groups excluding tert-OH is 1. The smallest absolute Gasteiger partial charge is 0.0917 e. The van der Waals surface area contributed by atoms with Crippen LogP contribution in [-0.2, 0) is 0 Å². The first-order valence-corrected chi connectivity index (χ1v) is 7.93. The molecule has 2 rings (SSSR count). The van der Waals surface area contributed by atoms with Gasteiger partial charge in [0.15, 0.2) is 0 Å². The number of hydrogen-bond acceptors (Lipinski definition) is 2. The summed E-state index contributed by atoms with van der Waals surface area (Å²) in [6.45, 7) is 4.36. The minimum Gasteiger partial charge on any atom is -0.512 e. The molecular weight excluding hydrogens is 270 g/mol. The van der Waals surface area contributed by atoms with Gasteiger partial charge in [0, 0.05) is 23.4 Å². The van der Waals surface area contributed by atoms with Crippen LogP contribution in [0.25, 0.3) is 0 Å². The van der Waals surface area contributed by atoms with Crippen LogP contribution in [0.1, 0.15) is 52.4 Å². The van der Waals surface area contributed by atoms with Crippen molar-refractivity contribution in [1.29, 1.82) is 0 Å². The molecule has 0 aromatic heterocycles. The molecule has 110 valence electrons. The molecule has 1 N–H and O–H groups in total. The lowest BCUT2D eigenvalue weighted by molar-refractivity contribution is 0.320. The Morgan fingerprint density at radius 3 is 2.95 bits per heavy atom. The van der Waals surface area contributed by atoms with E-state index in [-0.39, 0.29) is 5.92 Å². The van der Waals surface area contributed by atoms with Crippen LogP contribution >= 0.6 is 11.6 Å². The number of aliphatic imine (C=N–C) groups is 1. The lowest BCUT2D eigenvalue weighted by Crippen LogP contribution is -2.09. The molecule has 0 spiro atoms. The molecule has 1 heterocycles. The van der Waals surface area contributed by atoms with Crippen LogP contribution in [0.2, 0.25) is 0 Å². The zero-order chi connectivity index (χ0) is 14.5. The highest BCUT2D eigenvalue weighted by molar-refractivity contribution is 6.32. The average molecular weight is 294 g/mol. The predicted molar refractivity (Wildman–Crippen MR) is 86.2 cm³/mol. The van der Waals surface area contributed by atoms with Crippen molar-refractivity contribution < 1.29 is 5.11 Å². The zero-order valence-corrected chi connectivity index (χ0v) is 13.2. The second-order valence-corrected chi connectivity index (χ2v) is 6.29. The van der Waals surface area contributed by atoms with Crippen LogP contribution in [0, 0.1) is 11.8 Å². The Kier molecular flexibility index (Phi) is 5.47. The summed E-state index contributed by atoms with van der Waals surface area (Å²) >= 11 is 6.57. The van der Waals surface area contributed by atoms with E-state index in [0.717, 1.165) is 49.1 Å². The van der Waals surface area contributed by atoms with E-state index in [4.69, 9.17) is 11.6 Å². The monoisotopic (exact) mass is 293 g/mol. The van der Waals surface area contributed by atoms with E-state index in [1.165, 1.54) is 5.57 Å². The highest BCUT2D eigenvalue weighted by Gasteiger charge is 2.19. The summed E-state index contributed by atoms with van der Waals surface area (Å²) in [5.41, 5.74) is 2.37. The normalized spacial score (nSPS) is 39.4. The largest absolute Gasteiger partial charge is 0.512 e. The Labute approximate surface area is 126 Å². The maximum atomic E-state index is 10.2. The van der Waals surface area contributed by atoms with E-state index in [1.807, 2.05) is 18.5 Å². The molecule has 1 aliphatic carbocycles. The lowest BCUT2D eigenvalue weighted by atomic mass is 9.89. The van der Waals surface area contributed by atoms with E-state index in [2.05, 4.69) is 18.8 Å². The lowest BCUT2D eigenvalue weighted by Gasteiger charge is -2.21. The van der Waals surface area contributed by atoms with Gasteiger partial charge in [0.25, 0.3) is 0 Å². The summed E-state index contributed by atoms with van der Waals surface area (Å²) in [6.07, 6.45) is 11.5. The molecule has 0 aromatic rings. The summed E-state index contributed by atoms with van der Waals surface area (Å²) in [5.74, 6) is 1.19. The number of allylic oxidation sites excluding steroid dienone is 5. The van der Waals surface area contributed by atoms with Gasteiger partial charge >= 0.3 is 0 Å². The molecule has 0 amide bonds. The first-order chi connectivity index (χ1) is 9.59. The topological polar surface area (TPSA) is 32.6 Å². The summed E-state index contributed by atoms with van der Waals surface area (Å²) in [7, 11) is 0. The van der Waals surface area contributed by atoms with Gasteiger partial charge in [-0.15, -0.1) is 0 Å². The maximum absolute atomic E-state index is 10.2. The third kappa shape index (κ3) is 3.76. The number of hydrogen-bond donors (Lipinski definition) is 1. The van der Waals surface area contributed by atoms with Gasteiger partial charge in [-0.3, -0.25) is 4.99 Å². The molecule has 2 atom stereocenters. The molecule has 1 aliphatic heterocycles. The van der Waals surface area contributed by atoms with Gasteiger partial charge in [0.2, 0.25) is 0 Å². The number of rotatable bonds is 0. The van der Waals surface area contributed by atoms with Gasteiger partial charge in [-0.25, -0.2) is 0 Å². The third-order valence-corrected chi connectivity index (χ3v) is 5.01. The molecule has 0 radical (unpaired) electrons. The van der Waals surface area contributed by atoms with Crippen LogP contribution in [0.4, 0.5) is 0 Å². The molecule has 3 heteroatoms. The zero-order valence-electron chi connectivity index (χ0n) is 12.4. The molecular formula is C17H24ClNO. The van der Waals surface area contributed by atoms with Crippen molar-refractivity contribution in [1.82, 2.24) is 0 Å². The van der Waals surface area contributed by atoms with Crippen molar-refractivity contribution in [3.63, 3.8) is 0 Å². The van der Waals surface area contributed by atoms with Crippen molar-refractivity contribution in [3.8, 4) is 0 Å². The second-order valence-electron chi connectivity index (χ2n) is 5.92. The summed E-state index contributed by atoms with van der Waals surface area (Å²) in [5, 5.41) is 11.1. The van der Waals surface area contributed by atoms with Crippen LogP contribution in [0.15, 0.2) is 39.2 Å². The van der Waals surface area contributed by atoms with E-state index in [0.29, 0.717) is 11.7 Å². The van der Waals surface area contributed by atoms with Crippen molar-refractivity contribution >= 4 is 17.8 Å². The number of fused-ring (bicyclic) bond motifs is 3. The standard InChI is InChI=1S/C17H24ClNO/c1-12-5-3-4-6-16(20)14-7-8-15(11-19-10-9-14)17(18)13(12)2/h6,10-12,14,20H,3-5,7-9H2,1-2H3/b15-11+,16-6-,17-13+,19-10-. The van der Waals surface area contributed by atoms with Gasteiger partial charge < -0.3 is 5.11 Å². The first kappa shape index (κ1) is 15.4. The van der Waals surface area contributed by atoms with Gasteiger partial charge in [-0.05, 0) is 63.0 Å². The van der Waals surface area contributed by atoms with E-state index in [9.17, 15) is 5.11 Å². The molecule has 2 unspecified atom stereocenters. The van der Waals surface area contributed by atoms with Gasteiger partial charge in [-0.2, -0.15) is 0 Å². The van der Waals surface area contributed by atoms with Gasteiger partial charge in [0.1, 0.15) is 0 Å². The predicted octanol–water partition coefficient (Wildman–Crippen LogP) is 5.52. The second kappa shape index (κ2) is 7.12. The maximum Gasteiger partial charge on any atom is 0.0917 e. The average Bonchev–Trinajstić information content (AvgIpc) is 2.40. The van der Waals surface area contributed by atoms with Crippen LogP contribution < -0.4 is 0 Å². The quantitative estimate of drug-likeness (QED) is 0.627. The van der Waals surface area contributed by atoms with Crippen molar-refractivity contribution in [2.75, 3.05) is 0 Å². The number of halogens is 1. The highest BCUT2D eigenvalue weighted by Crippen LogP contribution is 2.33. The molecule has 2 bridgehead atoms. The number of aliphatic hydroxyl groups is 1. The third-order valence-electron chi connectivity index (χ3n) is 4.47. The Hall–Kier alpha value is -1.02. The van der Waals surface area contributed by atoms with Crippen molar-refractivity contribution in [2.45, 2.75) is 52.4 Å². The highest BCUT2D eigenvalue weighted by atomic mass is 35.5. The van der Waals surface area contributed by atoms with E-state index in [1.54, 1.807) is 0 Å². The van der Waals surface area contributed by atoms with E-state index < -0.39 is 0 Å². The molecule has 2 aliphatic rings. The van der Waals surface area contributed by atoms with Gasteiger partial charge in [-0.1, -0.05) is 24.1 Å². The summed E-state index contributed by atoms with van der Waals surface area (Å²) < 4.78 is 0. The fourth-order valence-corrected chi connectivity index (χ4v) is 3.13. The molecule has 0 aromatic carbocycles. The van der Waals surface area contributed by atoms with Crippen molar-refractivity contribution in [3.05, 3.63) is 34.2 Å². The Balaban J connectivity index is 2.35. The fraction of sp³-hybridized carbons (Fsp3) is 0.588. The molecule has 0 saturated heterocycles. The van der Waals surface area contributed by atoms with E-state index >= 15 is 0 Å². The Morgan fingerprint density at radius 1 is 1.35 bits per heavy atom. The minimum absolute atomic E-state index is 0.184. The summed E-state index contributed by atoms with van der Waals surface area (Å²) in [6, 6.07) is 0. The number of nitrogens with zero attached hydrogens (tertiary/aromatic N) is 1. The summed E-state index contributed by atoms with van der Waals surface area (Å²) in [4.78, 5) is 4.34. The van der Waals surface area contributed by atoms with Crippen LogP contribution in [-0.4, -0.2) is 11.3 Å².